The van der Waals surface area contributed by atoms with Crippen molar-refractivity contribution in [2.75, 3.05) is 13.2 Å². The highest BCUT2D eigenvalue weighted by molar-refractivity contribution is 5.92. The summed E-state index contributed by atoms with van der Waals surface area (Å²) in [4.78, 5) is 15.8. The largest absolute Gasteiger partial charge is 0.478 e. The molecule has 0 spiro atoms. The first-order chi connectivity index (χ1) is 10.1. The topological polar surface area (TPSA) is 64.3 Å². The highest BCUT2D eigenvalue weighted by atomic mass is 16.5. The van der Waals surface area contributed by atoms with Gasteiger partial charge in [-0.2, -0.15) is 0 Å². The van der Waals surface area contributed by atoms with Crippen LogP contribution in [0, 0.1) is 0 Å². The lowest BCUT2D eigenvalue weighted by atomic mass is 10.1. The van der Waals surface area contributed by atoms with E-state index < -0.39 is 5.97 Å². The van der Waals surface area contributed by atoms with Crippen LogP contribution in [0.3, 0.4) is 0 Å². The fourth-order valence-electron chi connectivity index (χ4n) is 2.97. The Morgan fingerprint density at radius 2 is 2.29 bits per heavy atom. The molecule has 2 aromatic rings. The van der Waals surface area contributed by atoms with Gasteiger partial charge in [0.2, 0.25) is 0 Å². The van der Waals surface area contributed by atoms with Gasteiger partial charge in [0, 0.05) is 12.5 Å². The number of carbonyl (C=O) groups is 1. The summed E-state index contributed by atoms with van der Waals surface area (Å²) in [6.45, 7) is 5.74. The van der Waals surface area contributed by atoms with Gasteiger partial charge in [-0.3, -0.25) is 0 Å². The van der Waals surface area contributed by atoms with Crippen LogP contribution in [-0.4, -0.2) is 33.8 Å². The average Bonchev–Trinajstić information content (AvgIpc) is 2.86. The Balaban J connectivity index is 2.15. The summed E-state index contributed by atoms with van der Waals surface area (Å²) in [7, 11) is 0. The molecule has 3 rings (SSSR count). The number of ether oxygens (including phenoxy) is 1. The number of nitrogens with zero attached hydrogens (tertiary/aromatic N) is 2. The standard InChI is InChI=1S/C16H20N2O3/c1-10(2)15-17-13-8-11(16(19)20)5-6-14(13)18(15)12-4-3-7-21-9-12/h5-6,8,10,12H,3-4,7,9H2,1-2H3,(H,19,20). The average molecular weight is 288 g/mol. The Labute approximate surface area is 123 Å². The third-order valence-electron chi connectivity index (χ3n) is 3.98. The van der Waals surface area contributed by atoms with E-state index >= 15 is 0 Å². The van der Waals surface area contributed by atoms with E-state index in [9.17, 15) is 4.79 Å². The van der Waals surface area contributed by atoms with E-state index in [0.717, 1.165) is 36.3 Å². The fraction of sp³-hybridized carbons (Fsp3) is 0.500. The van der Waals surface area contributed by atoms with E-state index in [-0.39, 0.29) is 17.5 Å². The van der Waals surface area contributed by atoms with Gasteiger partial charge in [0.05, 0.1) is 29.2 Å². The highest BCUT2D eigenvalue weighted by Gasteiger charge is 2.23. The van der Waals surface area contributed by atoms with Crippen molar-refractivity contribution < 1.29 is 14.6 Å². The van der Waals surface area contributed by atoms with Gasteiger partial charge in [0.15, 0.2) is 0 Å². The first-order valence-corrected chi connectivity index (χ1v) is 7.41. The molecule has 1 aromatic carbocycles. The van der Waals surface area contributed by atoms with E-state index in [4.69, 9.17) is 9.84 Å². The summed E-state index contributed by atoms with van der Waals surface area (Å²) in [5, 5.41) is 9.12. The van der Waals surface area contributed by atoms with Crippen molar-refractivity contribution >= 4 is 17.0 Å². The van der Waals surface area contributed by atoms with Crippen LogP contribution in [0.4, 0.5) is 0 Å². The first-order valence-electron chi connectivity index (χ1n) is 7.41. The summed E-state index contributed by atoms with van der Waals surface area (Å²) < 4.78 is 7.85. The van der Waals surface area contributed by atoms with Crippen molar-refractivity contribution in [3.63, 3.8) is 0 Å². The highest BCUT2D eigenvalue weighted by Crippen LogP contribution is 2.30. The predicted molar refractivity (Wildman–Crippen MR) is 79.9 cm³/mol. The molecule has 112 valence electrons. The van der Waals surface area contributed by atoms with E-state index in [2.05, 4.69) is 23.4 Å². The molecule has 1 unspecified atom stereocenters. The molecule has 0 aliphatic carbocycles. The van der Waals surface area contributed by atoms with Crippen LogP contribution in [0.25, 0.3) is 11.0 Å². The van der Waals surface area contributed by atoms with Crippen LogP contribution < -0.4 is 0 Å². The lowest BCUT2D eigenvalue weighted by molar-refractivity contribution is 0.0593. The molecule has 1 N–H and O–H groups in total. The molecule has 1 aromatic heterocycles. The number of hydrogen-bond donors (Lipinski definition) is 1. The van der Waals surface area contributed by atoms with Gasteiger partial charge in [-0.15, -0.1) is 0 Å². The molecule has 2 heterocycles. The number of rotatable bonds is 3. The Hall–Kier alpha value is -1.88. The Bertz CT molecular complexity index is 669. The van der Waals surface area contributed by atoms with Gasteiger partial charge in [0.25, 0.3) is 0 Å². The first kappa shape index (κ1) is 14.1. The Morgan fingerprint density at radius 3 is 2.90 bits per heavy atom. The molecule has 0 radical (unpaired) electrons. The SMILES string of the molecule is CC(C)c1nc2cc(C(=O)O)ccc2n1C1CCCOC1. The smallest absolute Gasteiger partial charge is 0.335 e. The minimum atomic E-state index is -0.918. The van der Waals surface area contributed by atoms with Crippen molar-refractivity contribution in [2.45, 2.75) is 38.6 Å². The Kier molecular flexibility index (Phi) is 3.68. The van der Waals surface area contributed by atoms with E-state index in [1.54, 1.807) is 12.1 Å². The summed E-state index contributed by atoms with van der Waals surface area (Å²) >= 11 is 0. The molecule has 1 saturated heterocycles. The van der Waals surface area contributed by atoms with Gasteiger partial charge >= 0.3 is 5.97 Å². The number of carboxylic acids is 1. The van der Waals surface area contributed by atoms with Gasteiger partial charge in [-0.05, 0) is 31.0 Å². The zero-order valence-corrected chi connectivity index (χ0v) is 12.4. The maximum atomic E-state index is 11.1. The molecule has 0 saturated carbocycles. The molecule has 1 aliphatic heterocycles. The zero-order chi connectivity index (χ0) is 15.0. The maximum absolute atomic E-state index is 11.1. The summed E-state index contributed by atoms with van der Waals surface area (Å²) in [5.41, 5.74) is 2.03. The van der Waals surface area contributed by atoms with Crippen molar-refractivity contribution in [2.24, 2.45) is 0 Å². The number of hydrogen-bond acceptors (Lipinski definition) is 3. The van der Waals surface area contributed by atoms with Crippen molar-refractivity contribution in [3.05, 3.63) is 29.6 Å². The van der Waals surface area contributed by atoms with Gasteiger partial charge in [-0.1, -0.05) is 13.8 Å². The molecule has 5 heteroatoms. The van der Waals surface area contributed by atoms with Crippen LogP contribution in [0.5, 0.6) is 0 Å². The number of benzene rings is 1. The molecule has 0 bridgehead atoms. The second-order valence-electron chi connectivity index (χ2n) is 5.87. The second kappa shape index (κ2) is 5.48. The maximum Gasteiger partial charge on any atom is 0.335 e. The zero-order valence-electron chi connectivity index (χ0n) is 12.4. The second-order valence-corrected chi connectivity index (χ2v) is 5.87. The Morgan fingerprint density at radius 1 is 1.48 bits per heavy atom. The minimum absolute atomic E-state index is 0.280. The minimum Gasteiger partial charge on any atom is -0.478 e. The van der Waals surface area contributed by atoms with Crippen molar-refractivity contribution in [1.82, 2.24) is 9.55 Å². The van der Waals surface area contributed by atoms with Gasteiger partial charge in [-0.25, -0.2) is 9.78 Å². The number of aromatic nitrogens is 2. The van der Waals surface area contributed by atoms with E-state index in [1.165, 1.54) is 0 Å². The third kappa shape index (κ3) is 2.53. The molecule has 21 heavy (non-hydrogen) atoms. The van der Waals surface area contributed by atoms with Crippen molar-refractivity contribution in [1.29, 1.82) is 0 Å². The lowest BCUT2D eigenvalue weighted by Gasteiger charge is -2.26. The van der Waals surface area contributed by atoms with Gasteiger partial charge < -0.3 is 14.4 Å². The summed E-state index contributed by atoms with van der Waals surface area (Å²) in [5.74, 6) is 0.370. The lowest BCUT2D eigenvalue weighted by Crippen LogP contribution is -2.23. The number of fused-ring (bicyclic) bond motifs is 1. The van der Waals surface area contributed by atoms with E-state index in [1.807, 2.05) is 6.07 Å². The molecule has 1 fully saturated rings. The number of imidazole rings is 1. The summed E-state index contributed by atoms with van der Waals surface area (Å²) in [6.07, 6.45) is 2.13. The molecule has 1 atom stereocenters. The molecule has 0 amide bonds. The third-order valence-corrected chi connectivity index (χ3v) is 3.98. The summed E-state index contributed by atoms with van der Waals surface area (Å²) in [6, 6.07) is 5.46. The molecule has 5 nitrogen and oxygen atoms in total. The van der Waals surface area contributed by atoms with Crippen molar-refractivity contribution in [3.8, 4) is 0 Å². The molecule has 1 aliphatic rings. The molecular formula is C16H20N2O3. The van der Waals surface area contributed by atoms with Gasteiger partial charge in [0.1, 0.15) is 5.82 Å². The monoisotopic (exact) mass is 288 g/mol. The van der Waals surface area contributed by atoms with Crippen LogP contribution in [0.2, 0.25) is 0 Å². The van der Waals surface area contributed by atoms with Crippen LogP contribution in [-0.2, 0) is 4.74 Å². The number of aromatic carboxylic acids is 1. The van der Waals surface area contributed by atoms with E-state index in [0.29, 0.717) is 6.61 Å². The normalized spacial score (nSPS) is 19.3. The van der Waals surface area contributed by atoms with Crippen LogP contribution in [0.15, 0.2) is 18.2 Å². The fourth-order valence-corrected chi connectivity index (χ4v) is 2.97. The van der Waals surface area contributed by atoms with Crippen LogP contribution in [0.1, 0.15) is 54.8 Å². The van der Waals surface area contributed by atoms with Crippen LogP contribution >= 0.6 is 0 Å². The molecular weight excluding hydrogens is 268 g/mol. The predicted octanol–water partition coefficient (Wildman–Crippen LogP) is 3.21. The number of carboxylic acid groups (broad SMARTS) is 1. The quantitative estimate of drug-likeness (QED) is 0.942.